The van der Waals surface area contributed by atoms with Gasteiger partial charge in [-0.2, -0.15) is 0 Å². The fourth-order valence-corrected chi connectivity index (χ4v) is 9.24. The van der Waals surface area contributed by atoms with E-state index in [0.29, 0.717) is 16.9 Å². The Labute approximate surface area is 191 Å². The van der Waals surface area contributed by atoms with E-state index in [0.717, 1.165) is 36.1 Å². The van der Waals surface area contributed by atoms with Gasteiger partial charge in [-0.1, -0.05) is 38.0 Å². The summed E-state index contributed by atoms with van der Waals surface area (Å²) in [6.45, 7) is 13.4. The minimum atomic E-state index is 0.447. The minimum Gasteiger partial charge on any atom is -0.328 e. The Kier molecular flexibility index (Phi) is 5.56. The Morgan fingerprint density at radius 2 is 1.84 bits per heavy atom. The molecule has 0 amide bonds. The van der Waals surface area contributed by atoms with Crippen LogP contribution in [0.15, 0.2) is 27.8 Å². The first kappa shape index (κ1) is 21.9. The van der Waals surface area contributed by atoms with E-state index in [9.17, 15) is 0 Å². The zero-order valence-corrected chi connectivity index (χ0v) is 20.8. The molecule has 172 valence electrons. The highest BCUT2D eigenvalue weighted by molar-refractivity contribution is 6.02. The second-order valence-electron chi connectivity index (χ2n) is 12.7. The quantitative estimate of drug-likeness (QED) is 0.484. The average Bonchev–Trinajstić information content (AvgIpc) is 3.32. The second-order valence-corrected chi connectivity index (χ2v) is 12.7. The van der Waals surface area contributed by atoms with Gasteiger partial charge in [0.2, 0.25) is 0 Å². The van der Waals surface area contributed by atoms with Crippen LogP contribution >= 0.6 is 0 Å². The highest BCUT2D eigenvalue weighted by Gasteiger charge is 2.58. The van der Waals surface area contributed by atoms with Crippen LogP contribution < -0.4 is 5.73 Å². The van der Waals surface area contributed by atoms with Gasteiger partial charge in [0.15, 0.2) is 0 Å². The molecule has 2 nitrogen and oxygen atoms in total. The molecule has 0 aromatic rings. The van der Waals surface area contributed by atoms with Crippen molar-refractivity contribution in [2.45, 2.75) is 105 Å². The van der Waals surface area contributed by atoms with Crippen molar-refractivity contribution in [2.75, 3.05) is 6.54 Å². The Morgan fingerprint density at radius 1 is 1.10 bits per heavy atom. The lowest BCUT2D eigenvalue weighted by atomic mass is 9.47. The predicted molar refractivity (Wildman–Crippen MR) is 132 cm³/mol. The molecule has 2 N–H and O–H groups in total. The normalized spacial score (nSPS) is 45.4. The lowest BCUT2D eigenvalue weighted by molar-refractivity contribution is -0.0109. The van der Waals surface area contributed by atoms with Gasteiger partial charge in [-0.15, -0.1) is 0 Å². The van der Waals surface area contributed by atoms with Gasteiger partial charge in [0.05, 0.1) is 0 Å². The first-order valence-corrected chi connectivity index (χ1v) is 13.4. The maximum atomic E-state index is 6.39. The Morgan fingerprint density at radius 3 is 2.61 bits per heavy atom. The Balaban J connectivity index is 1.36. The number of hydrogen-bond acceptors (Lipinski definition) is 2. The monoisotopic (exact) mass is 422 g/mol. The first-order valence-electron chi connectivity index (χ1n) is 13.4. The van der Waals surface area contributed by atoms with Gasteiger partial charge in [0, 0.05) is 18.3 Å². The molecule has 0 spiro atoms. The molecule has 5 aliphatic rings. The summed E-state index contributed by atoms with van der Waals surface area (Å²) in [7, 11) is 0. The topological polar surface area (TPSA) is 38.4 Å². The molecule has 0 radical (unpaired) electrons. The van der Waals surface area contributed by atoms with Gasteiger partial charge >= 0.3 is 0 Å². The molecule has 3 saturated carbocycles. The SMILES string of the molecule is CC(C)=C1CCN=C1C[C@@H](C)[C@H]1CCC2C3=CCC4CC(N)CC[C@]4(C)C3CC[C@@]21C. The van der Waals surface area contributed by atoms with Crippen LogP contribution in [0.25, 0.3) is 0 Å². The third-order valence-corrected chi connectivity index (χ3v) is 11.0. The maximum Gasteiger partial charge on any atom is 0.0433 e. The predicted octanol–water partition coefficient (Wildman–Crippen LogP) is 7.10. The van der Waals surface area contributed by atoms with Crippen LogP contribution in [0.5, 0.6) is 0 Å². The van der Waals surface area contributed by atoms with Crippen molar-refractivity contribution in [1.82, 2.24) is 0 Å². The number of fused-ring (bicyclic) bond motifs is 5. The summed E-state index contributed by atoms with van der Waals surface area (Å²) < 4.78 is 0. The molecule has 31 heavy (non-hydrogen) atoms. The van der Waals surface area contributed by atoms with E-state index in [1.54, 1.807) is 5.57 Å². The van der Waals surface area contributed by atoms with Gasteiger partial charge < -0.3 is 5.73 Å². The van der Waals surface area contributed by atoms with Crippen molar-refractivity contribution >= 4 is 5.71 Å². The summed E-state index contributed by atoms with van der Waals surface area (Å²) >= 11 is 0. The van der Waals surface area contributed by atoms with Crippen LogP contribution in [0.4, 0.5) is 0 Å². The summed E-state index contributed by atoms with van der Waals surface area (Å²) in [5.74, 6) is 4.10. The Bertz CT molecular complexity index is 815. The standard InChI is InChI=1S/C29H46N2/c1-18(2)22-12-15-31-27(22)16-19(3)24-8-9-25-23-7-6-20-17-21(30)10-13-28(20,4)26(23)11-14-29(24,25)5/h7,19-21,24-26H,6,8-17,30H2,1-5H3/t19-,20?,21?,24-,25?,26?,28+,29-/m1/s1. The van der Waals surface area contributed by atoms with Crippen LogP contribution in [-0.2, 0) is 0 Å². The van der Waals surface area contributed by atoms with Gasteiger partial charge in [-0.25, -0.2) is 0 Å². The summed E-state index contributed by atoms with van der Waals surface area (Å²) in [5, 5.41) is 0. The van der Waals surface area contributed by atoms with Crippen LogP contribution in [0.3, 0.4) is 0 Å². The summed E-state index contributed by atoms with van der Waals surface area (Å²) in [6.07, 6.45) is 16.0. The molecule has 2 heteroatoms. The highest BCUT2D eigenvalue weighted by Crippen LogP contribution is 2.66. The summed E-state index contributed by atoms with van der Waals surface area (Å²) in [4.78, 5) is 4.94. The molecular weight excluding hydrogens is 376 g/mol. The molecule has 0 bridgehead atoms. The number of aliphatic imine (C=N–C) groups is 1. The molecule has 0 aromatic heterocycles. The van der Waals surface area contributed by atoms with Crippen molar-refractivity contribution in [3.05, 3.63) is 22.8 Å². The molecule has 4 unspecified atom stereocenters. The van der Waals surface area contributed by atoms with E-state index in [1.807, 2.05) is 5.57 Å². The third kappa shape index (κ3) is 3.42. The molecule has 3 fully saturated rings. The number of rotatable bonds is 3. The van der Waals surface area contributed by atoms with Crippen LogP contribution in [0.1, 0.15) is 98.8 Å². The van der Waals surface area contributed by atoms with Crippen molar-refractivity contribution in [3.8, 4) is 0 Å². The Hall–Kier alpha value is -0.890. The molecule has 5 rings (SSSR count). The van der Waals surface area contributed by atoms with Crippen molar-refractivity contribution in [2.24, 2.45) is 51.1 Å². The molecular formula is C29H46N2. The molecule has 1 aliphatic heterocycles. The van der Waals surface area contributed by atoms with E-state index >= 15 is 0 Å². The lowest BCUT2D eigenvalue weighted by Crippen LogP contribution is -2.50. The molecule has 0 saturated heterocycles. The lowest BCUT2D eigenvalue weighted by Gasteiger charge is -2.58. The minimum absolute atomic E-state index is 0.447. The van der Waals surface area contributed by atoms with Crippen molar-refractivity contribution < 1.29 is 0 Å². The number of nitrogens with zero attached hydrogens (tertiary/aromatic N) is 1. The number of hydrogen-bond donors (Lipinski definition) is 1. The van der Waals surface area contributed by atoms with E-state index < -0.39 is 0 Å². The second kappa shape index (κ2) is 7.86. The van der Waals surface area contributed by atoms with Crippen LogP contribution in [0, 0.1) is 40.4 Å². The van der Waals surface area contributed by atoms with E-state index in [-0.39, 0.29) is 0 Å². The van der Waals surface area contributed by atoms with E-state index in [2.05, 4.69) is 40.7 Å². The van der Waals surface area contributed by atoms with Crippen molar-refractivity contribution in [1.29, 1.82) is 0 Å². The smallest absolute Gasteiger partial charge is 0.0433 e. The first-order chi connectivity index (χ1) is 14.7. The van der Waals surface area contributed by atoms with E-state index in [4.69, 9.17) is 10.7 Å². The van der Waals surface area contributed by atoms with Gasteiger partial charge in [-0.05, 0) is 124 Å². The molecule has 4 aliphatic carbocycles. The molecule has 1 heterocycles. The zero-order chi connectivity index (χ0) is 22.0. The fraction of sp³-hybridized carbons (Fsp3) is 0.828. The van der Waals surface area contributed by atoms with E-state index in [1.165, 1.54) is 75.5 Å². The maximum absolute atomic E-state index is 6.39. The highest BCUT2D eigenvalue weighted by atomic mass is 14.8. The van der Waals surface area contributed by atoms with Gasteiger partial charge in [0.25, 0.3) is 0 Å². The summed E-state index contributed by atoms with van der Waals surface area (Å²) in [5.41, 5.74) is 13.8. The van der Waals surface area contributed by atoms with Crippen molar-refractivity contribution in [3.63, 3.8) is 0 Å². The van der Waals surface area contributed by atoms with Crippen LogP contribution in [-0.4, -0.2) is 18.3 Å². The largest absolute Gasteiger partial charge is 0.328 e. The number of nitrogens with two attached hydrogens (primary N) is 1. The molecule has 8 atom stereocenters. The zero-order valence-electron chi connectivity index (χ0n) is 20.8. The third-order valence-electron chi connectivity index (χ3n) is 11.0. The van der Waals surface area contributed by atoms with Gasteiger partial charge in [0.1, 0.15) is 0 Å². The van der Waals surface area contributed by atoms with Gasteiger partial charge in [-0.3, -0.25) is 4.99 Å². The van der Waals surface area contributed by atoms with Crippen LogP contribution in [0.2, 0.25) is 0 Å². The average molecular weight is 423 g/mol. The summed E-state index contributed by atoms with van der Waals surface area (Å²) in [6, 6.07) is 0.447. The number of allylic oxidation sites excluding steroid dienone is 3. The molecule has 0 aromatic carbocycles. The fourth-order valence-electron chi connectivity index (χ4n) is 9.24.